The fraction of sp³-hybridized carbons (Fsp3) is 0.450. The number of hydrogen-bond donors (Lipinski definition) is 1. The van der Waals surface area contributed by atoms with Crippen molar-refractivity contribution in [1.29, 1.82) is 0 Å². The average molecular weight is 342 g/mol. The second-order valence-corrected chi connectivity index (χ2v) is 6.46. The number of furan rings is 1. The van der Waals surface area contributed by atoms with E-state index in [0.29, 0.717) is 19.4 Å². The van der Waals surface area contributed by atoms with Crippen LogP contribution in [0.25, 0.3) is 0 Å². The van der Waals surface area contributed by atoms with Crippen LogP contribution >= 0.6 is 0 Å². The Kier molecular flexibility index (Phi) is 6.25. The number of aryl methyl sites for hydroxylation is 2. The molecule has 0 radical (unpaired) electrons. The number of morpholine rings is 1. The molecule has 25 heavy (non-hydrogen) atoms. The number of rotatable bonds is 7. The van der Waals surface area contributed by atoms with Crippen molar-refractivity contribution in [2.75, 3.05) is 32.8 Å². The van der Waals surface area contributed by atoms with Gasteiger partial charge in [0.1, 0.15) is 5.76 Å². The monoisotopic (exact) mass is 342 g/mol. The third-order valence-electron chi connectivity index (χ3n) is 4.58. The molecule has 134 valence electrons. The lowest BCUT2D eigenvalue weighted by Crippen LogP contribution is -2.43. The summed E-state index contributed by atoms with van der Waals surface area (Å²) in [6.45, 7) is 5.98. The number of nitrogens with zero attached hydrogens (tertiary/aromatic N) is 1. The van der Waals surface area contributed by atoms with Crippen molar-refractivity contribution in [1.82, 2.24) is 10.2 Å². The van der Waals surface area contributed by atoms with Crippen LogP contribution in [0.2, 0.25) is 0 Å². The Morgan fingerprint density at radius 1 is 1.24 bits per heavy atom. The standard InChI is InChI=1S/C20H26N2O3/c1-16-4-2-5-17(14-16)19(22-9-12-24-13-10-22)15-21-20(23)8-7-18-6-3-11-25-18/h2-6,11,14,19H,7-10,12-13,15H2,1H3,(H,21,23). The van der Waals surface area contributed by atoms with Crippen molar-refractivity contribution < 1.29 is 13.9 Å². The highest BCUT2D eigenvalue weighted by Gasteiger charge is 2.23. The van der Waals surface area contributed by atoms with Crippen LogP contribution in [0, 0.1) is 6.92 Å². The smallest absolute Gasteiger partial charge is 0.220 e. The first-order valence-electron chi connectivity index (χ1n) is 8.90. The highest BCUT2D eigenvalue weighted by atomic mass is 16.5. The Morgan fingerprint density at radius 3 is 2.80 bits per heavy atom. The molecule has 0 bridgehead atoms. The SMILES string of the molecule is Cc1cccc(C(CNC(=O)CCc2ccco2)N2CCOCC2)c1. The first-order chi connectivity index (χ1) is 12.2. The van der Waals surface area contributed by atoms with Crippen LogP contribution in [0.4, 0.5) is 0 Å². The van der Waals surface area contributed by atoms with Gasteiger partial charge in [-0.05, 0) is 24.6 Å². The first-order valence-corrected chi connectivity index (χ1v) is 8.90. The van der Waals surface area contributed by atoms with Crippen LogP contribution in [0.1, 0.15) is 29.3 Å². The van der Waals surface area contributed by atoms with Gasteiger partial charge >= 0.3 is 0 Å². The van der Waals surface area contributed by atoms with E-state index in [9.17, 15) is 4.79 Å². The van der Waals surface area contributed by atoms with Gasteiger partial charge in [-0.2, -0.15) is 0 Å². The van der Waals surface area contributed by atoms with Gasteiger partial charge in [0, 0.05) is 32.5 Å². The lowest BCUT2D eigenvalue weighted by molar-refractivity contribution is -0.121. The van der Waals surface area contributed by atoms with Gasteiger partial charge in [-0.15, -0.1) is 0 Å². The molecule has 1 saturated heterocycles. The van der Waals surface area contributed by atoms with Crippen molar-refractivity contribution in [3.8, 4) is 0 Å². The molecule has 0 saturated carbocycles. The molecule has 2 heterocycles. The summed E-state index contributed by atoms with van der Waals surface area (Å²) in [6, 6.07) is 12.4. The van der Waals surface area contributed by atoms with Gasteiger partial charge < -0.3 is 14.5 Å². The van der Waals surface area contributed by atoms with Gasteiger partial charge in [-0.25, -0.2) is 0 Å². The van der Waals surface area contributed by atoms with E-state index in [1.54, 1.807) is 6.26 Å². The zero-order valence-electron chi connectivity index (χ0n) is 14.7. The summed E-state index contributed by atoms with van der Waals surface area (Å²) in [5, 5.41) is 3.10. The molecule has 1 aromatic heterocycles. The highest BCUT2D eigenvalue weighted by Crippen LogP contribution is 2.22. The van der Waals surface area contributed by atoms with Crippen LogP contribution < -0.4 is 5.32 Å². The topological polar surface area (TPSA) is 54.7 Å². The van der Waals surface area contributed by atoms with Crippen LogP contribution in [0.5, 0.6) is 0 Å². The Bertz CT molecular complexity index is 663. The molecular formula is C20H26N2O3. The van der Waals surface area contributed by atoms with Crippen LogP contribution in [-0.2, 0) is 16.0 Å². The lowest BCUT2D eigenvalue weighted by Gasteiger charge is -2.35. The number of amides is 1. The summed E-state index contributed by atoms with van der Waals surface area (Å²) in [5.41, 5.74) is 2.48. The highest BCUT2D eigenvalue weighted by molar-refractivity contribution is 5.76. The van der Waals surface area contributed by atoms with Gasteiger partial charge in [0.2, 0.25) is 5.91 Å². The summed E-state index contributed by atoms with van der Waals surface area (Å²) >= 11 is 0. The second-order valence-electron chi connectivity index (χ2n) is 6.46. The molecule has 1 N–H and O–H groups in total. The van der Waals surface area contributed by atoms with Crippen LogP contribution in [-0.4, -0.2) is 43.7 Å². The minimum atomic E-state index is 0.0577. The third-order valence-corrected chi connectivity index (χ3v) is 4.58. The first kappa shape index (κ1) is 17.7. The number of benzene rings is 1. The molecule has 0 spiro atoms. The van der Waals surface area contributed by atoms with E-state index in [2.05, 4.69) is 41.4 Å². The maximum absolute atomic E-state index is 12.2. The van der Waals surface area contributed by atoms with Crippen LogP contribution in [0.15, 0.2) is 47.1 Å². The minimum absolute atomic E-state index is 0.0577. The molecule has 5 nitrogen and oxygen atoms in total. The number of carbonyl (C=O) groups is 1. The molecule has 2 aromatic rings. The molecule has 1 aliphatic rings. The third kappa shape index (κ3) is 5.18. The fourth-order valence-corrected chi connectivity index (χ4v) is 3.21. The van der Waals surface area contributed by atoms with E-state index in [4.69, 9.17) is 9.15 Å². The zero-order chi connectivity index (χ0) is 17.5. The largest absolute Gasteiger partial charge is 0.469 e. The van der Waals surface area contributed by atoms with Crippen LogP contribution in [0.3, 0.4) is 0 Å². The summed E-state index contributed by atoms with van der Waals surface area (Å²) in [4.78, 5) is 14.6. The Morgan fingerprint density at radius 2 is 2.08 bits per heavy atom. The van der Waals surface area contributed by atoms with E-state index in [1.807, 2.05) is 12.1 Å². The van der Waals surface area contributed by atoms with E-state index < -0.39 is 0 Å². The number of ether oxygens (including phenoxy) is 1. The average Bonchev–Trinajstić information content (AvgIpc) is 3.15. The zero-order valence-corrected chi connectivity index (χ0v) is 14.7. The Labute approximate surface area is 149 Å². The van der Waals surface area contributed by atoms with Gasteiger partial charge in [0.05, 0.1) is 25.5 Å². The van der Waals surface area contributed by atoms with Crippen molar-refractivity contribution in [2.24, 2.45) is 0 Å². The summed E-state index contributed by atoms with van der Waals surface area (Å²) in [7, 11) is 0. The Balaban J connectivity index is 1.60. The molecule has 1 aliphatic heterocycles. The molecule has 1 aromatic carbocycles. The van der Waals surface area contributed by atoms with Crippen molar-refractivity contribution in [3.05, 3.63) is 59.5 Å². The fourth-order valence-electron chi connectivity index (χ4n) is 3.21. The predicted molar refractivity (Wildman–Crippen MR) is 96.4 cm³/mol. The van der Waals surface area contributed by atoms with Gasteiger partial charge in [-0.3, -0.25) is 9.69 Å². The molecular weight excluding hydrogens is 316 g/mol. The molecule has 1 atom stereocenters. The van der Waals surface area contributed by atoms with Gasteiger partial charge in [0.25, 0.3) is 0 Å². The quantitative estimate of drug-likeness (QED) is 0.841. The van der Waals surface area contributed by atoms with Crippen molar-refractivity contribution in [3.63, 3.8) is 0 Å². The summed E-state index contributed by atoms with van der Waals surface area (Å²) in [5.74, 6) is 0.904. The minimum Gasteiger partial charge on any atom is -0.469 e. The van der Waals surface area contributed by atoms with Gasteiger partial charge in [0.15, 0.2) is 0 Å². The van der Waals surface area contributed by atoms with E-state index in [-0.39, 0.29) is 11.9 Å². The normalized spacial score (nSPS) is 16.5. The van der Waals surface area contributed by atoms with Crippen molar-refractivity contribution >= 4 is 5.91 Å². The van der Waals surface area contributed by atoms with E-state index in [0.717, 1.165) is 32.1 Å². The second kappa shape index (κ2) is 8.83. The summed E-state index contributed by atoms with van der Waals surface area (Å²) < 4.78 is 10.8. The number of hydrogen-bond acceptors (Lipinski definition) is 4. The molecule has 1 unspecified atom stereocenters. The maximum atomic E-state index is 12.2. The van der Waals surface area contributed by atoms with E-state index in [1.165, 1.54) is 11.1 Å². The molecule has 1 fully saturated rings. The maximum Gasteiger partial charge on any atom is 0.220 e. The molecule has 3 rings (SSSR count). The molecule has 0 aliphatic carbocycles. The number of nitrogens with one attached hydrogen (secondary N) is 1. The summed E-state index contributed by atoms with van der Waals surface area (Å²) in [6.07, 6.45) is 2.71. The van der Waals surface area contributed by atoms with Gasteiger partial charge in [-0.1, -0.05) is 29.8 Å². The Hall–Kier alpha value is -2.11. The molecule has 1 amide bonds. The van der Waals surface area contributed by atoms with E-state index >= 15 is 0 Å². The number of carbonyl (C=O) groups excluding carboxylic acids is 1. The lowest BCUT2D eigenvalue weighted by atomic mass is 10.0. The molecule has 5 heteroatoms. The predicted octanol–water partition coefficient (Wildman–Crippen LogP) is 2.71. The van der Waals surface area contributed by atoms with Crippen molar-refractivity contribution in [2.45, 2.75) is 25.8 Å².